The van der Waals surface area contributed by atoms with Crippen LogP contribution in [0, 0.1) is 6.92 Å². The summed E-state index contributed by atoms with van der Waals surface area (Å²) in [6.07, 6.45) is 2.33. The Balaban J connectivity index is 1.77. The second-order valence-corrected chi connectivity index (χ2v) is 5.73. The predicted octanol–water partition coefficient (Wildman–Crippen LogP) is 2.14. The molecule has 0 saturated heterocycles. The van der Waals surface area contributed by atoms with Crippen molar-refractivity contribution in [1.82, 2.24) is 25.1 Å². The molecule has 0 saturated carbocycles. The van der Waals surface area contributed by atoms with Crippen molar-refractivity contribution in [2.45, 2.75) is 26.8 Å². The molecule has 130 valence electrons. The minimum atomic E-state index is -0.122. The van der Waals surface area contributed by atoms with Gasteiger partial charge in [0.05, 0.1) is 18.2 Å². The van der Waals surface area contributed by atoms with Crippen LogP contribution in [0.3, 0.4) is 0 Å². The first kappa shape index (κ1) is 16.9. The third-order valence-electron chi connectivity index (χ3n) is 4.06. The number of benzene rings is 1. The Hall–Kier alpha value is -2.96. The molecule has 0 bridgehead atoms. The fraction of sp³-hybridized carbons (Fsp3) is 0.333. The number of carbonyl (C=O) groups is 1. The summed E-state index contributed by atoms with van der Waals surface area (Å²) in [6.45, 7) is 5.22. The maximum absolute atomic E-state index is 12.6. The second-order valence-electron chi connectivity index (χ2n) is 5.73. The van der Waals surface area contributed by atoms with Crippen molar-refractivity contribution in [2.24, 2.45) is 0 Å². The van der Waals surface area contributed by atoms with Crippen molar-refractivity contribution in [3.63, 3.8) is 0 Å². The molecule has 0 fully saturated rings. The Labute approximate surface area is 146 Å². The molecular weight excluding hydrogens is 318 g/mol. The molecule has 0 atom stereocenters. The summed E-state index contributed by atoms with van der Waals surface area (Å²) in [7, 11) is 1.61. The summed E-state index contributed by atoms with van der Waals surface area (Å²) in [6, 6.07) is 7.34. The molecule has 0 aliphatic rings. The van der Waals surface area contributed by atoms with Gasteiger partial charge in [-0.1, -0.05) is 0 Å². The van der Waals surface area contributed by atoms with Crippen LogP contribution in [-0.2, 0) is 13.0 Å². The molecule has 7 nitrogen and oxygen atoms in total. The lowest BCUT2D eigenvalue weighted by molar-refractivity contribution is 0.0955. The SMILES string of the molecule is CCn1cnnc1CCNC(=O)c1cc(C)nc2cc(OC)ccc12. The number of nitrogens with zero attached hydrogens (tertiary/aromatic N) is 4. The number of amides is 1. The number of rotatable bonds is 6. The van der Waals surface area contributed by atoms with E-state index in [1.165, 1.54) is 0 Å². The quantitative estimate of drug-likeness (QED) is 0.744. The smallest absolute Gasteiger partial charge is 0.252 e. The highest BCUT2D eigenvalue weighted by molar-refractivity contribution is 6.06. The minimum Gasteiger partial charge on any atom is -0.497 e. The molecule has 1 amide bonds. The van der Waals surface area contributed by atoms with E-state index in [9.17, 15) is 4.79 Å². The van der Waals surface area contributed by atoms with Gasteiger partial charge >= 0.3 is 0 Å². The Morgan fingerprint density at radius 1 is 1.32 bits per heavy atom. The molecule has 3 aromatic rings. The third kappa shape index (κ3) is 3.60. The zero-order valence-corrected chi connectivity index (χ0v) is 14.6. The number of ether oxygens (including phenoxy) is 1. The fourth-order valence-corrected chi connectivity index (χ4v) is 2.78. The van der Waals surface area contributed by atoms with E-state index in [2.05, 4.69) is 20.5 Å². The number of methoxy groups -OCH3 is 1. The number of aryl methyl sites for hydroxylation is 2. The number of aromatic nitrogens is 4. The highest BCUT2D eigenvalue weighted by atomic mass is 16.5. The Morgan fingerprint density at radius 3 is 2.92 bits per heavy atom. The second kappa shape index (κ2) is 7.29. The lowest BCUT2D eigenvalue weighted by Gasteiger charge is -2.10. The average molecular weight is 339 g/mol. The normalized spacial score (nSPS) is 10.8. The predicted molar refractivity (Wildman–Crippen MR) is 94.8 cm³/mol. The summed E-state index contributed by atoms with van der Waals surface area (Å²) in [5.41, 5.74) is 2.15. The Morgan fingerprint density at radius 2 is 2.16 bits per heavy atom. The van der Waals surface area contributed by atoms with Gasteiger partial charge in [0, 0.05) is 36.7 Å². The molecule has 0 aliphatic carbocycles. The molecule has 1 aromatic carbocycles. The Kier molecular flexibility index (Phi) is 4.92. The van der Waals surface area contributed by atoms with Crippen LogP contribution in [0.15, 0.2) is 30.6 Å². The van der Waals surface area contributed by atoms with E-state index in [-0.39, 0.29) is 5.91 Å². The van der Waals surface area contributed by atoms with Gasteiger partial charge in [0.2, 0.25) is 0 Å². The van der Waals surface area contributed by atoms with Crippen molar-refractivity contribution in [2.75, 3.05) is 13.7 Å². The van der Waals surface area contributed by atoms with Crippen molar-refractivity contribution < 1.29 is 9.53 Å². The van der Waals surface area contributed by atoms with E-state index in [1.54, 1.807) is 19.5 Å². The lowest BCUT2D eigenvalue weighted by atomic mass is 10.1. The average Bonchev–Trinajstić information content (AvgIpc) is 3.07. The molecule has 2 aromatic heterocycles. The van der Waals surface area contributed by atoms with Gasteiger partial charge in [-0.3, -0.25) is 9.78 Å². The zero-order chi connectivity index (χ0) is 17.8. The minimum absolute atomic E-state index is 0.122. The van der Waals surface area contributed by atoms with Gasteiger partial charge < -0.3 is 14.6 Å². The zero-order valence-electron chi connectivity index (χ0n) is 14.6. The number of hydrogen-bond acceptors (Lipinski definition) is 5. The molecule has 0 radical (unpaired) electrons. The first-order valence-corrected chi connectivity index (χ1v) is 8.22. The number of fused-ring (bicyclic) bond motifs is 1. The van der Waals surface area contributed by atoms with E-state index < -0.39 is 0 Å². The van der Waals surface area contributed by atoms with Gasteiger partial charge in [-0.25, -0.2) is 0 Å². The number of carbonyl (C=O) groups excluding carboxylic acids is 1. The van der Waals surface area contributed by atoms with Gasteiger partial charge in [0.25, 0.3) is 5.91 Å². The van der Waals surface area contributed by atoms with Gasteiger partial charge in [-0.15, -0.1) is 10.2 Å². The van der Waals surface area contributed by atoms with Crippen LogP contribution in [0.1, 0.15) is 28.8 Å². The van der Waals surface area contributed by atoms with Crippen LogP contribution in [0.25, 0.3) is 10.9 Å². The van der Waals surface area contributed by atoms with E-state index in [1.807, 2.05) is 36.6 Å². The van der Waals surface area contributed by atoms with E-state index in [4.69, 9.17) is 4.74 Å². The van der Waals surface area contributed by atoms with Crippen molar-refractivity contribution in [3.05, 3.63) is 47.7 Å². The standard InChI is InChI=1S/C18H21N5O2/c1-4-23-11-20-22-17(23)7-8-19-18(24)15-9-12(2)21-16-10-13(25-3)5-6-14(15)16/h5-6,9-11H,4,7-8H2,1-3H3,(H,19,24). The maximum atomic E-state index is 12.6. The topological polar surface area (TPSA) is 81.9 Å². The molecule has 1 N–H and O–H groups in total. The van der Waals surface area contributed by atoms with Crippen LogP contribution in [0.4, 0.5) is 0 Å². The molecule has 7 heteroatoms. The first-order valence-electron chi connectivity index (χ1n) is 8.22. The van der Waals surface area contributed by atoms with E-state index >= 15 is 0 Å². The molecule has 0 unspecified atom stereocenters. The van der Waals surface area contributed by atoms with Gasteiger partial charge in [0.15, 0.2) is 0 Å². The summed E-state index contributed by atoms with van der Waals surface area (Å²) in [5.74, 6) is 1.46. The first-order chi connectivity index (χ1) is 12.1. The van der Waals surface area contributed by atoms with Crippen LogP contribution < -0.4 is 10.1 Å². The van der Waals surface area contributed by atoms with Gasteiger partial charge in [-0.05, 0) is 32.0 Å². The molecule has 2 heterocycles. The summed E-state index contributed by atoms with van der Waals surface area (Å²) < 4.78 is 7.20. The summed E-state index contributed by atoms with van der Waals surface area (Å²) in [5, 5.41) is 11.7. The molecule has 3 rings (SSSR count). The summed E-state index contributed by atoms with van der Waals surface area (Å²) >= 11 is 0. The van der Waals surface area contributed by atoms with Crippen molar-refractivity contribution >= 4 is 16.8 Å². The maximum Gasteiger partial charge on any atom is 0.252 e. The van der Waals surface area contributed by atoms with E-state index in [0.29, 0.717) is 18.5 Å². The molecule has 0 spiro atoms. The van der Waals surface area contributed by atoms with Crippen LogP contribution in [-0.4, -0.2) is 39.3 Å². The van der Waals surface area contributed by atoms with E-state index in [0.717, 1.165) is 34.7 Å². The molecule has 25 heavy (non-hydrogen) atoms. The number of hydrogen-bond donors (Lipinski definition) is 1. The monoisotopic (exact) mass is 339 g/mol. The fourth-order valence-electron chi connectivity index (χ4n) is 2.78. The number of nitrogens with one attached hydrogen (secondary N) is 1. The highest BCUT2D eigenvalue weighted by Gasteiger charge is 2.13. The van der Waals surface area contributed by atoms with Gasteiger partial charge in [-0.2, -0.15) is 0 Å². The van der Waals surface area contributed by atoms with Crippen LogP contribution in [0.2, 0.25) is 0 Å². The van der Waals surface area contributed by atoms with Gasteiger partial charge in [0.1, 0.15) is 17.9 Å². The third-order valence-corrected chi connectivity index (χ3v) is 4.06. The van der Waals surface area contributed by atoms with Crippen molar-refractivity contribution in [3.8, 4) is 5.75 Å². The molecule has 0 aliphatic heterocycles. The summed E-state index contributed by atoms with van der Waals surface area (Å²) in [4.78, 5) is 17.1. The lowest BCUT2D eigenvalue weighted by Crippen LogP contribution is -2.27. The highest BCUT2D eigenvalue weighted by Crippen LogP contribution is 2.23. The van der Waals surface area contributed by atoms with Crippen LogP contribution >= 0.6 is 0 Å². The Bertz CT molecular complexity index is 904. The largest absolute Gasteiger partial charge is 0.497 e. The molecular formula is C18H21N5O2. The number of pyridine rings is 1. The van der Waals surface area contributed by atoms with Crippen LogP contribution in [0.5, 0.6) is 5.75 Å². The van der Waals surface area contributed by atoms with Crippen molar-refractivity contribution in [1.29, 1.82) is 0 Å².